The summed E-state index contributed by atoms with van der Waals surface area (Å²) in [6.45, 7) is 7.09. The highest BCUT2D eigenvalue weighted by Gasteiger charge is 2.32. The monoisotopic (exact) mass is 463 g/mol. The number of fused-ring (bicyclic) bond motifs is 2. The molecule has 5 nitrogen and oxygen atoms in total. The molecule has 0 radical (unpaired) electrons. The molecule has 0 spiro atoms. The van der Waals surface area contributed by atoms with Crippen LogP contribution in [-0.2, 0) is 6.54 Å². The smallest absolute Gasteiger partial charge is 0.105 e. The number of benzene rings is 1. The Balaban J connectivity index is 1.67. The predicted octanol–water partition coefficient (Wildman–Crippen LogP) is 4.24. The van der Waals surface area contributed by atoms with E-state index in [4.69, 9.17) is 4.98 Å². The van der Waals surface area contributed by atoms with Gasteiger partial charge in [0.2, 0.25) is 0 Å². The number of nitrogens with zero attached hydrogens (tertiary/aromatic N) is 5. The van der Waals surface area contributed by atoms with Crippen molar-refractivity contribution in [2.75, 3.05) is 33.2 Å². The van der Waals surface area contributed by atoms with Crippen LogP contribution in [0.1, 0.15) is 34.3 Å². The van der Waals surface area contributed by atoms with Gasteiger partial charge in [0.05, 0.1) is 11.7 Å². The Hall–Kier alpha value is -2.28. The normalized spacial score (nSPS) is 19.7. The molecule has 154 valence electrons. The lowest BCUT2D eigenvalue weighted by Gasteiger charge is -2.38. The molecule has 1 fully saturated rings. The van der Waals surface area contributed by atoms with Crippen LogP contribution in [-0.4, -0.2) is 57.6 Å². The molecular formula is C24H26BrN5. The number of allylic oxidation sites excluding steroid dienone is 1. The predicted molar refractivity (Wildman–Crippen MR) is 124 cm³/mol. The molecule has 6 heteroatoms. The third-order valence-electron chi connectivity index (χ3n) is 6.28. The van der Waals surface area contributed by atoms with Gasteiger partial charge in [0.15, 0.2) is 0 Å². The van der Waals surface area contributed by atoms with E-state index >= 15 is 0 Å². The standard InChI is InChI=1S/C24H26BrN5/c1-17-26-7-8-30(17)16-19-13-18-5-3-4-6-21(18)24(29-11-9-28(2)10-12-29)23-22(19)14-20(25)15-27-23/h3-8,13-15,24H,9-12,16H2,1-2H3. The molecule has 1 unspecified atom stereocenters. The van der Waals surface area contributed by atoms with Crippen molar-refractivity contribution in [2.45, 2.75) is 19.5 Å². The van der Waals surface area contributed by atoms with Crippen molar-refractivity contribution in [3.63, 3.8) is 0 Å². The first-order valence-corrected chi connectivity index (χ1v) is 11.2. The minimum Gasteiger partial charge on any atom is -0.331 e. The first kappa shape index (κ1) is 19.7. The van der Waals surface area contributed by atoms with Crippen LogP contribution in [0.5, 0.6) is 0 Å². The van der Waals surface area contributed by atoms with Crippen molar-refractivity contribution in [3.8, 4) is 0 Å². The van der Waals surface area contributed by atoms with Crippen molar-refractivity contribution in [2.24, 2.45) is 0 Å². The second kappa shape index (κ2) is 8.10. The Morgan fingerprint density at radius 3 is 2.67 bits per heavy atom. The maximum Gasteiger partial charge on any atom is 0.105 e. The molecule has 30 heavy (non-hydrogen) atoms. The molecular weight excluding hydrogens is 438 g/mol. The van der Waals surface area contributed by atoms with E-state index in [1.165, 1.54) is 22.3 Å². The number of imidazole rings is 1. The molecule has 1 aromatic carbocycles. The van der Waals surface area contributed by atoms with Crippen LogP contribution in [0.25, 0.3) is 11.6 Å². The molecule has 3 aromatic rings. The van der Waals surface area contributed by atoms with E-state index in [-0.39, 0.29) is 6.04 Å². The number of halogens is 1. The van der Waals surface area contributed by atoms with E-state index in [1.54, 1.807) is 0 Å². The summed E-state index contributed by atoms with van der Waals surface area (Å²) in [7, 11) is 2.20. The maximum absolute atomic E-state index is 4.99. The average Bonchev–Trinajstić information content (AvgIpc) is 3.09. The highest BCUT2D eigenvalue weighted by Crippen LogP contribution is 2.40. The van der Waals surface area contributed by atoms with E-state index in [9.17, 15) is 0 Å². The number of hydrogen-bond acceptors (Lipinski definition) is 4. The van der Waals surface area contributed by atoms with Gasteiger partial charge >= 0.3 is 0 Å². The van der Waals surface area contributed by atoms with Gasteiger partial charge in [-0.25, -0.2) is 4.98 Å². The summed E-state index contributed by atoms with van der Waals surface area (Å²) < 4.78 is 3.22. The number of hydrogen-bond donors (Lipinski definition) is 0. The molecule has 0 saturated carbocycles. The first-order chi connectivity index (χ1) is 14.6. The van der Waals surface area contributed by atoms with Crippen molar-refractivity contribution < 1.29 is 0 Å². The summed E-state index contributed by atoms with van der Waals surface area (Å²) in [6.07, 6.45) is 8.21. The SMILES string of the molecule is Cc1nccn1CC1=Cc2ccccc2C(N2CCN(C)CC2)c2ncc(Br)cc21. The van der Waals surface area contributed by atoms with Crippen molar-refractivity contribution in [3.05, 3.63) is 81.6 Å². The maximum atomic E-state index is 4.99. The van der Waals surface area contributed by atoms with Crippen LogP contribution in [0.4, 0.5) is 0 Å². The number of piperazine rings is 1. The highest BCUT2D eigenvalue weighted by atomic mass is 79.9. The summed E-state index contributed by atoms with van der Waals surface area (Å²) in [6, 6.07) is 11.2. The van der Waals surface area contributed by atoms with Gasteiger partial charge in [-0.3, -0.25) is 9.88 Å². The Morgan fingerprint density at radius 2 is 1.90 bits per heavy atom. The fourth-order valence-electron chi connectivity index (χ4n) is 4.56. The molecule has 5 rings (SSSR count). The Kier molecular flexibility index (Phi) is 5.31. The topological polar surface area (TPSA) is 37.2 Å². The van der Waals surface area contributed by atoms with Crippen LogP contribution >= 0.6 is 15.9 Å². The van der Waals surface area contributed by atoms with Gasteiger partial charge in [-0.2, -0.15) is 0 Å². The molecule has 2 aliphatic rings. The fourth-order valence-corrected chi connectivity index (χ4v) is 4.90. The van der Waals surface area contributed by atoms with Crippen LogP contribution in [0.15, 0.2) is 53.4 Å². The molecule has 1 aliphatic carbocycles. The lowest BCUT2D eigenvalue weighted by atomic mass is 9.95. The highest BCUT2D eigenvalue weighted by molar-refractivity contribution is 9.10. The average molecular weight is 464 g/mol. The second-order valence-corrected chi connectivity index (χ2v) is 9.14. The zero-order valence-electron chi connectivity index (χ0n) is 17.4. The van der Waals surface area contributed by atoms with E-state index in [0.29, 0.717) is 0 Å². The summed E-state index contributed by atoms with van der Waals surface area (Å²) in [4.78, 5) is 14.4. The summed E-state index contributed by atoms with van der Waals surface area (Å²) in [5.41, 5.74) is 6.26. The lowest BCUT2D eigenvalue weighted by molar-refractivity contribution is 0.125. The van der Waals surface area contributed by atoms with Crippen molar-refractivity contribution in [1.82, 2.24) is 24.3 Å². The molecule has 0 amide bonds. The second-order valence-electron chi connectivity index (χ2n) is 8.23. The fraction of sp³-hybridized carbons (Fsp3) is 0.333. The van der Waals surface area contributed by atoms with Gasteiger partial charge < -0.3 is 9.47 Å². The summed E-state index contributed by atoms with van der Waals surface area (Å²) >= 11 is 3.67. The third kappa shape index (κ3) is 3.64. The van der Waals surface area contributed by atoms with Crippen molar-refractivity contribution >= 4 is 27.6 Å². The first-order valence-electron chi connectivity index (χ1n) is 10.5. The minimum absolute atomic E-state index is 0.163. The van der Waals surface area contributed by atoms with E-state index in [0.717, 1.165) is 48.7 Å². The quantitative estimate of drug-likeness (QED) is 0.581. The van der Waals surface area contributed by atoms with Gasteiger partial charge in [-0.1, -0.05) is 24.3 Å². The number of pyridine rings is 1. The Labute approximate surface area is 186 Å². The van der Waals surface area contributed by atoms with Gasteiger partial charge in [0.1, 0.15) is 5.82 Å². The minimum atomic E-state index is 0.163. The van der Waals surface area contributed by atoms with E-state index in [1.807, 2.05) is 12.4 Å². The Morgan fingerprint density at radius 1 is 1.10 bits per heavy atom. The molecule has 1 atom stereocenters. The molecule has 3 heterocycles. The zero-order chi connectivity index (χ0) is 20.7. The summed E-state index contributed by atoms with van der Waals surface area (Å²) in [5.74, 6) is 1.02. The van der Waals surface area contributed by atoms with Gasteiger partial charge in [-0.15, -0.1) is 0 Å². The van der Waals surface area contributed by atoms with Gasteiger partial charge in [-0.05, 0) is 58.7 Å². The van der Waals surface area contributed by atoms with Gasteiger partial charge in [0, 0.05) is 61.4 Å². The number of aryl methyl sites for hydroxylation is 1. The lowest BCUT2D eigenvalue weighted by Crippen LogP contribution is -2.46. The number of aromatic nitrogens is 3. The molecule has 1 aliphatic heterocycles. The largest absolute Gasteiger partial charge is 0.331 e. The molecule has 0 N–H and O–H groups in total. The zero-order valence-corrected chi connectivity index (χ0v) is 19.0. The summed E-state index contributed by atoms with van der Waals surface area (Å²) in [5, 5.41) is 0. The Bertz CT molecular complexity index is 1090. The molecule has 2 aromatic heterocycles. The number of rotatable bonds is 3. The van der Waals surface area contributed by atoms with Crippen LogP contribution in [0.3, 0.4) is 0 Å². The van der Waals surface area contributed by atoms with Crippen LogP contribution in [0, 0.1) is 6.92 Å². The van der Waals surface area contributed by atoms with E-state index < -0.39 is 0 Å². The van der Waals surface area contributed by atoms with Crippen LogP contribution < -0.4 is 0 Å². The van der Waals surface area contributed by atoms with Gasteiger partial charge in [0.25, 0.3) is 0 Å². The van der Waals surface area contributed by atoms with E-state index in [2.05, 4.69) is 91.9 Å². The number of likely N-dealkylation sites (N-methyl/N-ethyl adjacent to an activating group) is 1. The molecule has 1 saturated heterocycles. The van der Waals surface area contributed by atoms with Crippen LogP contribution in [0.2, 0.25) is 0 Å². The third-order valence-corrected chi connectivity index (χ3v) is 6.71. The van der Waals surface area contributed by atoms with Crippen molar-refractivity contribution in [1.29, 1.82) is 0 Å². The molecule has 0 bridgehead atoms.